The van der Waals surface area contributed by atoms with E-state index in [0.717, 1.165) is 18.7 Å². The number of hydrogen-bond donors (Lipinski definition) is 0. The van der Waals surface area contributed by atoms with E-state index in [1.165, 1.54) is 41.7 Å². The van der Waals surface area contributed by atoms with Crippen molar-refractivity contribution in [3.8, 4) is 0 Å². The van der Waals surface area contributed by atoms with Crippen molar-refractivity contribution in [1.82, 2.24) is 9.88 Å². The molecule has 3 rings (SSSR count). The van der Waals surface area contributed by atoms with Crippen molar-refractivity contribution in [2.24, 2.45) is 0 Å². The maximum Gasteiger partial charge on any atom is 0.232 e. The minimum atomic E-state index is 0.228. The van der Waals surface area contributed by atoms with Crippen molar-refractivity contribution in [3.05, 3.63) is 59.4 Å². The van der Waals surface area contributed by atoms with Crippen LogP contribution < -0.4 is 0 Å². The summed E-state index contributed by atoms with van der Waals surface area (Å²) in [5.74, 6) is 0.805. The molecule has 2 atom stereocenters. The predicted molar refractivity (Wildman–Crippen MR) is 126 cm³/mol. The van der Waals surface area contributed by atoms with Crippen molar-refractivity contribution in [2.45, 2.75) is 61.3 Å². The standard InChI is InChI=1S/C24H32N2OS2/c1-18-11-12-21(16-19(18)2)29-23-10-5-4-9-22(23)28-17-24(27)26(3)15-13-20-8-6-7-14-25-20/h6-8,11-12,14,16,22-23H,4-5,9-10,13,15,17H2,1-3H3/t22-,23-/m1/s1. The zero-order valence-electron chi connectivity index (χ0n) is 17.8. The Balaban J connectivity index is 1.49. The number of rotatable bonds is 8. The van der Waals surface area contributed by atoms with Gasteiger partial charge in [0.25, 0.3) is 0 Å². The van der Waals surface area contributed by atoms with E-state index in [9.17, 15) is 4.79 Å². The topological polar surface area (TPSA) is 33.2 Å². The van der Waals surface area contributed by atoms with Gasteiger partial charge in [-0.15, -0.1) is 23.5 Å². The highest BCUT2D eigenvalue weighted by atomic mass is 32.2. The fourth-order valence-electron chi connectivity index (χ4n) is 3.59. The van der Waals surface area contributed by atoms with Crippen LogP contribution in [0, 0.1) is 13.8 Å². The van der Waals surface area contributed by atoms with Gasteiger partial charge < -0.3 is 4.90 Å². The Morgan fingerprint density at radius 3 is 2.62 bits per heavy atom. The maximum absolute atomic E-state index is 12.6. The number of likely N-dealkylation sites (N-methyl/N-ethyl adjacent to an activating group) is 1. The van der Waals surface area contributed by atoms with E-state index in [2.05, 4.69) is 37.0 Å². The van der Waals surface area contributed by atoms with Crippen molar-refractivity contribution < 1.29 is 4.79 Å². The molecule has 1 aromatic heterocycles. The molecule has 0 unspecified atom stereocenters. The molecule has 1 aliphatic rings. The van der Waals surface area contributed by atoms with E-state index < -0.39 is 0 Å². The molecule has 0 spiro atoms. The minimum Gasteiger partial charge on any atom is -0.345 e. The molecule has 1 aliphatic carbocycles. The molecule has 1 aromatic carbocycles. The monoisotopic (exact) mass is 428 g/mol. The van der Waals surface area contributed by atoms with Gasteiger partial charge in [0.1, 0.15) is 0 Å². The summed E-state index contributed by atoms with van der Waals surface area (Å²) < 4.78 is 0. The van der Waals surface area contributed by atoms with E-state index in [1.807, 2.05) is 59.9 Å². The average molecular weight is 429 g/mol. The Kier molecular flexibility index (Phi) is 8.49. The number of pyridine rings is 1. The first-order chi connectivity index (χ1) is 14.0. The van der Waals surface area contributed by atoms with E-state index >= 15 is 0 Å². The molecule has 1 saturated carbocycles. The Labute approximate surface area is 184 Å². The van der Waals surface area contributed by atoms with Gasteiger partial charge in [-0.3, -0.25) is 9.78 Å². The number of hydrogen-bond acceptors (Lipinski definition) is 4. The summed E-state index contributed by atoms with van der Waals surface area (Å²) >= 11 is 3.87. The largest absolute Gasteiger partial charge is 0.345 e. The van der Waals surface area contributed by atoms with Crippen LogP contribution in [0.15, 0.2) is 47.5 Å². The summed E-state index contributed by atoms with van der Waals surface area (Å²) in [6, 6.07) is 12.7. The van der Waals surface area contributed by atoms with Crippen LogP contribution in [0.3, 0.4) is 0 Å². The summed E-state index contributed by atoms with van der Waals surface area (Å²) in [5.41, 5.74) is 3.75. The second-order valence-corrected chi connectivity index (χ2v) is 10.5. The van der Waals surface area contributed by atoms with Crippen LogP contribution in [-0.2, 0) is 11.2 Å². The van der Waals surface area contributed by atoms with Gasteiger partial charge in [0.05, 0.1) is 5.75 Å². The number of aryl methyl sites for hydroxylation is 2. The molecule has 29 heavy (non-hydrogen) atoms. The summed E-state index contributed by atoms with van der Waals surface area (Å²) in [6.07, 6.45) is 7.67. The number of amides is 1. The van der Waals surface area contributed by atoms with Crippen LogP contribution in [0.1, 0.15) is 42.5 Å². The first-order valence-corrected chi connectivity index (χ1v) is 12.4. The number of aromatic nitrogens is 1. The second-order valence-electron chi connectivity index (χ2n) is 7.92. The SMILES string of the molecule is Cc1ccc(S[C@@H]2CCCC[C@H]2SCC(=O)N(C)CCc2ccccn2)cc1C. The van der Waals surface area contributed by atoms with Crippen LogP contribution in [0.5, 0.6) is 0 Å². The Morgan fingerprint density at radius 2 is 1.90 bits per heavy atom. The fourth-order valence-corrected chi connectivity index (χ4v) is 6.57. The summed E-state index contributed by atoms with van der Waals surface area (Å²) in [4.78, 5) is 20.2. The van der Waals surface area contributed by atoms with Gasteiger partial charge >= 0.3 is 0 Å². The molecule has 156 valence electrons. The molecule has 0 bridgehead atoms. The van der Waals surface area contributed by atoms with Gasteiger partial charge in [0, 0.05) is 47.3 Å². The second kappa shape index (κ2) is 11.1. The van der Waals surface area contributed by atoms with E-state index in [4.69, 9.17) is 0 Å². The number of carbonyl (C=O) groups is 1. The third-order valence-electron chi connectivity index (χ3n) is 5.68. The molecule has 0 N–H and O–H groups in total. The molecule has 1 heterocycles. The van der Waals surface area contributed by atoms with Gasteiger partial charge in [-0.2, -0.15) is 0 Å². The van der Waals surface area contributed by atoms with Crippen LogP contribution in [0.25, 0.3) is 0 Å². The fraction of sp³-hybridized carbons (Fsp3) is 0.500. The number of carbonyl (C=O) groups excluding carboxylic acids is 1. The zero-order chi connectivity index (χ0) is 20.6. The lowest BCUT2D eigenvalue weighted by Crippen LogP contribution is -2.32. The lowest BCUT2D eigenvalue weighted by Gasteiger charge is -2.31. The molecule has 3 nitrogen and oxygen atoms in total. The molecule has 5 heteroatoms. The molecule has 0 saturated heterocycles. The molecule has 1 amide bonds. The summed E-state index contributed by atoms with van der Waals surface area (Å²) in [7, 11) is 1.91. The van der Waals surface area contributed by atoms with E-state index in [1.54, 1.807) is 0 Å². The molecule has 1 fully saturated rings. The maximum atomic E-state index is 12.6. The third kappa shape index (κ3) is 6.78. The molecular weight excluding hydrogens is 396 g/mol. The summed E-state index contributed by atoms with van der Waals surface area (Å²) in [6.45, 7) is 5.08. The minimum absolute atomic E-state index is 0.228. The van der Waals surface area contributed by atoms with Crippen LogP contribution in [0.4, 0.5) is 0 Å². The Hall–Kier alpha value is -1.46. The molecule has 0 aliphatic heterocycles. The van der Waals surface area contributed by atoms with Gasteiger partial charge in [0.15, 0.2) is 0 Å². The average Bonchev–Trinajstić information content (AvgIpc) is 2.74. The highest BCUT2D eigenvalue weighted by molar-refractivity contribution is 8.04. The normalized spacial score (nSPS) is 19.1. The van der Waals surface area contributed by atoms with Crippen LogP contribution in [-0.4, -0.2) is 45.6 Å². The van der Waals surface area contributed by atoms with Crippen LogP contribution >= 0.6 is 23.5 Å². The van der Waals surface area contributed by atoms with Gasteiger partial charge in [-0.05, 0) is 62.1 Å². The number of thioether (sulfide) groups is 2. The lowest BCUT2D eigenvalue weighted by molar-refractivity contribution is -0.127. The van der Waals surface area contributed by atoms with Crippen molar-refractivity contribution in [2.75, 3.05) is 19.3 Å². The van der Waals surface area contributed by atoms with E-state index in [-0.39, 0.29) is 5.91 Å². The van der Waals surface area contributed by atoms with Crippen LogP contribution in [0.2, 0.25) is 0 Å². The smallest absolute Gasteiger partial charge is 0.232 e. The van der Waals surface area contributed by atoms with Gasteiger partial charge in [-0.25, -0.2) is 0 Å². The molecular formula is C24H32N2OS2. The summed E-state index contributed by atoms with van der Waals surface area (Å²) in [5, 5.41) is 1.16. The molecule has 2 aromatic rings. The van der Waals surface area contributed by atoms with Crippen molar-refractivity contribution in [3.63, 3.8) is 0 Å². The highest BCUT2D eigenvalue weighted by Gasteiger charge is 2.27. The third-order valence-corrected chi connectivity index (χ3v) is 8.66. The number of benzene rings is 1. The van der Waals surface area contributed by atoms with Crippen molar-refractivity contribution >= 4 is 29.4 Å². The zero-order valence-corrected chi connectivity index (χ0v) is 19.4. The van der Waals surface area contributed by atoms with Gasteiger partial charge in [-0.1, -0.05) is 25.0 Å². The molecule has 0 radical (unpaired) electrons. The van der Waals surface area contributed by atoms with Crippen molar-refractivity contribution in [1.29, 1.82) is 0 Å². The quantitative estimate of drug-likeness (QED) is 0.553. The highest BCUT2D eigenvalue weighted by Crippen LogP contribution is 2.39. The van der Waals surface area contributed by atoms with E-state index in [0.29, 0.717) is 16.3 Å². The van der Waals surface area contributed by atoms with Gasteiger partial charge in [0.2, 0.25) is 5.91 Å². The first kappa shape index (κ1) is 22.2. The Morgan fingerprint density at radius 1 is 1.10 bits per heavy atom. The Bertz CT molecular complexity index is 797. The first-order valence-electron chi connectivity index (χ1n) is 10.5. The predicted octanol–water partition coefficient (Wildman–Crippen LogP) is 5.54. The lowest BCUT2D eigenvalue weighted by atomic mass is 10.00. The number of nitrogens with zero attached hydrogens (tertiary/aromatic N) is 2.